The Bertz CT molecular complexity index is 1680. The lowest BCUT2D eigenvalue weighted by atomic mass is 10.1. The summed E-state index contributed by atoms with van der Waals surface area (Å²) in [5, 5.41) is 1.70. The first-order valence-electron chi connectivity index (χ1n) is 11.2. The molecule has 9 heteroatoms. The van der Waals surface area contributed by atoms with E-state index in [2.05, 4.69) is 15.9 Å². The molecule has 1 saturated heterocycles. The van der Waals surface area contributed by atoms with Crippen LogP contribution in [0.5, 0.6) is 5.75 Å². The van der Waals surface area contributed by atoms with Gasteiger partial charge in [-0.05, 0) is 77.5 Å². The van der Waals surface area contributed by atoms with Crippen molar-refractivity contribution >= 4 is 65.8 Å². The largest absolute Gasteiger partial charge is 0.378 e. The van der Waals surface area contributed by atoms with Gasteiger partial charge in [-0.1, -0.05) is 70.0 Å². The quantitative estimate of drug-likeness (QED) is 0.178. The molecule has 4 aromatic carbocycles. The normalized spacial score (nSPS) is 15.1. The number of rotatable bonds is 6. The third-order valence-electron chi connectivity index (χ3n) is 5.80. The Morgan fingerprint density at radius 2 is 1.65 bits per heavy atom. The zero-order valence-corrected chi connectivity index (χ0v) is 22.8. The van der Waals surface area contributed by atoms with E-state index >= 15 is 0 Å². The van der Waals surface area contributed by atoms with Crippen molar-refractivity contribution in [2.45, 2.75) is 18.4 Å². The third kappa shape index (κ3) is 5.49. The second-order valence-corrected chi connectivity index (χ2v) is 11.9. The lowest BCUT2D eigenvalue weighted by molar-refractivity contribution is -0.123. The van der Waals surface area contributed by atoms with Crippen LogP contribution in [0, 0.1) is 6.92 Å². The smallest absolute Gasteiger partial charge is 0.339 e. The summed E-state index contributed by atoms with van der Waals surface area (Å²) in [6.07, 6.45) is 1.48. The highest BCUT2D eigenvalue weighted by Crippen LogP contribution is 2.36. The molecule has 0 atom stereocenters. The number of carbonyl (C=O) groups excluding carboxylic acids is 2. The lowest BCUT2D eigenvalue weighted by Crippen LogP contribution is -2.27. The van der Waals surface area contributed by atoms with Crippen LogP contribution < -0.4 is 4.18 Å². The maximum Gasteiger partial charge on any atom is 0.339 e. The van der Waals surface area contributed by atoms with E-state index in [4.69, 9.17) is 4.18 Å². The highest BCUT2D eigenvalue weighted by Gasteiger charge is 2.35. The SMILES string of the molecule is Cc1ccc(S(=O)(=O)Oc2ccc(Br)cc2/C=C2\SC(=O)N(Cc3ccc4ccccc4c3)C2=O)cc1. The Kier molecular flexibility index (Phi) is 6.94. The van der Waals surface area contributed by atoms with E-state index in [9.17, 15) is 18.0 Å². The molecular weight excluding hydrogens is 574 g/mol. The van der Waals surface area contributed by atoms with Gasteiger partial charge in [0, 0.05) is 10.0 Å². The van der Waals surface area contributed by atoms with E-state index in [0.717, 1.165) is 33.7 Å². The van der Waals surface area contributed by atoms with Crippen LogP contribution in [0.4, 0.5) is 4.79 Å². The summed E-state index contributed by atoms with van der Waals surface area (Å²) in [5.74, 6) is -0.402. The third-order valence-corrected chi connectivity index (χ3v) is 8.44. The van der Waals surface area contributed by atoms with Gasteiger partial charge in [-0.25, -0.2) is 0 Å². The predicted octanol–water partition coefficient (Wildman–Crippen LogP) is 6.91. The maximum absolute atomic E-state index is 13.2. The number of thioether (sulfide) groups is 1. The van der Waals surface area contributed by atoms with Gasteiger partial charge in [-0.2, -0.15) is 8.42 Å². The van der Waals surface area contributed by atoms with Crippen LogP contribution in [-0.2, 0) is 21.5 Å². The van der Waals surface area contributed by atoms with Crippen LogP contribution in [0.15, 0.2) is 99.2 Å². The van der Waals surface area contributed by atoms with E-state index in [-0.39, 0.29) is 22.1 Å². The first kappa shape index (κ1) is 25.3. The molecule has 186 valence electrons. The van der Waals surface area contributed by atoms with E-state index in [1.807, 2.05) is 49.4 Å². The van der Waals surface area contributed by atoms with Gasteiger partial charge >= 0.3 is 10.1 Å². The van der Waals surface area contributed by atoms with Crippen molar-refractivity contribution < 1.29 is 22.2 Å². The topological polar surface area (TPSA) is 80.8 Å². The van der Waals surface area contributed by atoms with Gasteiger partial charge in [-0.3, -0.25) is 14.5 Å². The van der Waals surface area contributed by atoms with Crippen LogP contribution in [-0.4, -0.2) is 24.5 Å². The zero-order valence-electron chi connectivity index (χ0n) is 19.6. The number of amides is 2. The number of carbonyl (C=O) groups is 2. The molecule has 6 nitrogen and oxygen atoms in total. The first-order valence-corrected chi connectivity index (χ1v) is 14.3. The molecule has 4 aromatic rings. The lowest BCUT2D eigenvalue weighted by Gasteiger charge is -2.13. The fourth-order valence-corrected chi connectivity index (χ4v) is 6.04. The van der Waals surface area contributed by atoms with Gasteiger partial charge in [0.25, 0.3) is 11.1 Å². The summed E-state index contributed by atoms with van der Waals surface area (Å²) < 4.78 is 31.8. The Hall–Kier alpha value is -3.40. The van der Waals surface area contributed by atoms with Crippen LogP contribution >= 0.6 is 27.7 Å². The second-order valence-electron chi connectivity index (χ2n) is 8.48. The van der Waals surface area contributed by atoms with Gasteiger partial charge in [0.15, 0.2) is 0 Å². The monoisotopic (exact) mass is 593 g/mol. The average molecular weight is 595 g/mol. The summed E-state index contributed by atoms with van der Waals surface area (Å²) in [7, 11) is -4.11. The van der Waals surface area contributed by atoms with Crippen molar-refractivity contribution in [1.82, 2.24) is 4.90 Å². The predicted molar refractivity (Wildman–Crippen MR) is 149 cm³/mol. The highest BCUT2D eigenvalue weighted by atomic mass is 79.9. The molecule has 0 unspecified atom stereocenters. The van der Waals surface area contributed by atoms with Crippen LogP contribution in [0.2, 0.25) is 0 Å². The fourth-order valence-electron chi connectivity index (χ4n) is 3.88. The van der Waals surface area contributed by atoms with E-state index in [1.54, 1.807) is 24.3 Å². The minimum Gasteiger partial charge on any atom is -0.378 e. The maximum atomic E-state index is 13.2. The average Bonchev–Trinajstić information content (AvgIpc) is 3.13. The Morgan fingerprint density at radius 3 is 2.41 bits per heavy atom. The van der Waals surface area contributed by atoms with Crippen LogP contribution in [0.25, 0.3) is 16.8 Å². The Morgan fingerprint density at radius 1 is 0.919 bits per heavy atom. The van der Waals surface area contributed by atoms with Crippen molar-refractivity contribution in [3.8, 4) is 5.75 Å². The van der Waals surface area contributed by atoms with Gasteiger partial charge < -0.3 is 4.18 Å². The highest BCUT2D eigenvalue weighted by molar-refractivity contribution is 9.10. The number of hydrogen-bond acceptors (Lipinski definition) is 6. The number of imide groups is 1. The summed E-state index contributed by atoms with van der Waals surface area (Å²) >= 11 is 4.19. The van der Waals surface area contributed by atoms with E-state index in [0.29, 0.717) is 10.0 Å². The molecule has 5 rings (SSSR count). The van der Waals surface area contributed by atoms with Gasteiger partial charge in [0.05, 0.1) is 11.4 Å². The number of benzene rings is 4. The molecule has 0 saturated carbocycles. The van der Waals surface area contributed by atoms with Crippen LogP contribution in [0.1, 0.15) is 16.7 Å². The Labute approximate surface area is 227 Å². The summed E-state index contributed by atoms with van der Waals surface area (Å²) in [6.45, 7) is 1.99. The fraction of sp³-hybridized carbons (Fsp3) is 0.0714. The number of fused-ring (bicyclic) bond motifs is 1. The van der Waals surface area contributed by atoms with Crippen molar-refractivity contribution in [3.05, 3.63) is 111 Å². The molecule has 0 aromatic heterocycles. The van der Waals surface area contributed by atoms with E-state index < -0.39 is 21.3 Å². The molecule has 1 aliphatic rings. The number of hydrogen-bond donors (Lipinski definition) is 0. The minimum absolute atomic E-state index is 0.0164. The molecule has 0 spiro atoms. The molecule has 1 aliphatic heterocycles. The summed E-state index contributed by atoms with van der Waals surface area (Å²) in [6, 6.07) is 24.8. The molecule has 1 fully saturated rings. The molecule has 0 aliphatic carbocycles. The number of halogens is 1. The molecule has 1 heterocycles. The van der Waals surface area contributed by atoms with Crippen molar-refractivity contribution in [2.24, 2.45) is 0 Å². The first-order chi connectivity index (χ1) is 17.7. The Balaban J connectivity index is 1.42. The van der Waals surface area contributed by atoms with Crippen molar-refractivity contribution in [2.75, 3.05) is 0 Å². The van der Waals surface area contributed by atoms with Gasteiger partial charge in [0.1, 0.15) is 10.6 Å². The molecule has 37 heavy (non-hydrogen) atoms. The standard InChI is InChI=1S/C28H20BrNO5S2/c1-18-6-11-24(12-7-18)37(33,34)35-25-13-10-23(29)15-22(25)16-26-27(31)30(28(32)36-26)17-19-8-9-20-4-2-3-5-21(20)14-19/h2-16H,17H2,1H3/b26-16-. The van der Waals surface area contributed by atoms with Gasteiger partial charge in [0.2, 0.25) is 0 Å². The second kappa shape index (κ2) is 10.2. The minimum atomic E-state index is -4.11. The molecular formula is C28H20BrNO5S2. The molecule has 0 bridgehead atoms. The zero-order chi connectivity index (χ0) is 26.2. The van der Waals surface area contributed by atoms with Crippen molar-refractivity contribution in [3.63, 3.8) is 0 Å². The molecule has 0 N–H and O–H groups in total. The molecule has 2 amide bonds. The summed E-state index contributed by atoms with van der Waals surface area (Å²) in [4.78, 5) is 27.3. The summed E-state index contributed by atoms with van der Waals surface area (Å²) in [5.41, 5.74) is 2.10. The van der Waals surface area contributed by atoms with Crippen LogP contribution in [0.3, 0.4) is 0 Å². The van der Waals surface area contributed by atoms with E-state index in [1.165, 1.54) is 29.2 Å². The van der Waals surface area contributed by atoms with Crippen molar-refractivity contribution in [1.29, 1.82) is 0 Å². The number of aryl methyl sites for hydroxylation is 1. The molecule has 0 radical (unpaired) electrons. The number of nitrogens with zero attached hydrogens (tertiary/aromatic N) is 1. The van der Waals surface area contributed by atoms with Gasteiger partial charge in [-0.15, -0.1) is 0 Å².